The highest BCUT2D eigenvalue weighted by atomic mass is 16.2. The SMILES string of the molecule is CCC(=O)N(C)CCC(=O)N(C)CCC=O. The maximum atomic E-state index is 11.5. The Morgan fingerprint density at radius 1 is 1.06 bits per heavy atom. The average Bonchev–Trinajstić information content (AvgIpc) is 2.31. The van der Waals surface area contributed by atoms with Crippen LogP contribution in [0.15, 0.2) is 0 Å². The van der Waals surface area contributed by atoms with Crippen LogP contribution in [0.25, 0.3) is 0 Å². The second-order valence-electron chi connectivity index (χ2n) is 3.69. The van der Waals surface area contributed by atoms with Gasteiger partial charge < -0.3 is 14.6 Å². The summed E-state index contributed by atoms with van der Waals surface area (Å²) in [6.45, 7) is 2.65. The highest BCUT2D eigenvalue weighted by molar-refractivity contribution is 5.78. The molecule has 0 aromatic heterocycles. The second-order valence-corrected chi connectivity index (χ2v) is 3.69. The zero-order valence-electron chi connectivity index (χ0n) is 10.2. The molecular weight excluding hydrogens is 208 g/mol. The van der Waals surface area contributed by atoms with Crippen molar-refractivity contribution in [1.29, 1.82) is 0 Å². The number of hydrogen-bond donors (Lipinski definition) is 0. The summed E-state index contributed by atoms with van der Waals surface area (Å²) >= 11 is 0. The van der Waals surface area contributed by atoms with E-state index >= 15 is 0 Å². The largest absolute Gasteiger partial charge is 0.345 e. The van der Waals surface area contributed by atoms with Gasteiger partial charge in [0, 0.05) is 46.4 Å². The standard InChI is InChI=1S/C11H20N2O3/c1-4-10(15)13(3)8-6-11(16)12(2)7-5-9-14/h9H,4-8H2,1-3H3. The van der Waals surface area contributed by atoms with Crippen LogP contribution in [0.2, 0.25) is 0 Å². The van der Waals surface area contributed by atoms with Crippen molar-refractivity contribution in [3.8, 4) is 0 Å². The first-order valence-electron chi connectivity index (χ1n) is 5.44. The third-order valence-corrected chi connectivity index (χ3v) is 2.40. The van der Waals surface area contributed by atoms with Crippen molar-refractivity contribution in [1.82, 2.24) is 9.80 Å². The van der Waals surface area contributed by atoms with Crippen molar-refractivity contribution in [2.45, 2.75) is 26.2 Å². The fraction of sp³-hybridized carbons (Fsp3) is 0.727. The Morgan fingerprint density at radius 3 is 2.12 bits per heavy atom. The minimum absolute atomic E-state index is 0.0309. The first kappa shape index (κ1) is 14.6. The van der Waals surface area contributed by atoms with Gasteiger partial charge in [-0.1, -0.05) is 6.92 Å². The molecule has 0 aromatic carbocycles. The molecule has 0 saturated carbocycles. The lowest BCUT2D eigenvalue weighted by Crippen LogP contribution is -2.33. The van der Waals surface area contributed by atoms with Crippen molar-refractivity contribution in [3.05, 3.63) is 0 Å². The maximum Gasteiger partial charge on any atom is 0.224 e. The predicted molar refractivity (Wildman–Crippen MR) is 60.9 cm³/mol. The van der Waals surface area contributed by atoms with Gasteiger partial charge >= 0.3 is 0 Å². The van der Waals surface area contributed by atoms with E-state index in [4.69, 9.17) is 0 Å². The number of rotatable bonds is 7. The van der Waals surface area contributed by atoms with Crippen LogP contribution in [0, 0.1) is 0 Å². The lowest BCUT2D eigenvalue weighted by atomic mass is 10.3. The van der Waals surface area contributed by atoms with Gasteiger partial charge in [0.1, 0.15) is 6.29 Å². The molecule has 2 amide bonds. The summed E-state index contributed by atoms with van der Waals surface area (Å²) in [5, 5.41) is 0. The Kier molecular flexibility index (Phi) is 7.16. The lowest BCUT2D eigenvalue weighted by molar-refractivity contribution is -0.132. The predicted octanol–water partition coefficient (Wildman–Crippen LogP) is 0.292. The third kappa shape index (κ3) is 5.48. The van der Waals surface area contributed by atoms with Gasteiger partial charge in [-0.2, -0.15) is 0 Å². The molecule has 0 aliphatic carbocycles. The van der Waals surface area contributed by atoms with Crippen molar-refractivity contribution < 1.29 is 14.4 Å². The Hall–Kier alpha value is -1.39. The van der Waals surface area contributed by atoms with Gasteiger partial charge in [-0.05, 0) is 0 Å². The van der Waals surface area contributed by atoms with Gasteiger partial charge in [-0.15, -0.1) is 0 Å². The molecular formula is C11H20N2O3. The molecule has 0 spiro atoms. The van der Waals surface area contributed by atoms with E-state index in [-0.39, 0.29) is 11.8 Å². The van der Waals surface area contributed by atoms with Crippen LogP contribution < -0.4 is 0 Å². The highest BCUT2D eigenvalue weighted by Crippen LogP contribution is 1.96. The van der Waals surface area contributed by atoms with Gasteiger partial charge in [-0.3, -0.25) is 9.59 Å². The summed E-state index contributed by atoms with van der Waals surface area (Å²) in [5.41, 5.74) is 0. The van der Waals surface area contributed by atoms with Gasteiger partial charge in [0.25, 0.3) is 0 Å². The number of carbonyl (C=O) groups is 3. The van der Waals surface area contributed by atoms with E-state index in [1.54, 1.807) is 25.9 Å². The number of amides is 2. The molecule has 0 aromatic rings. The van der Waals surface area contributed by atoms with E-state index in [9.17, 15) is 14.4 Å². The van der Waals surface area contributed by atoms with Crippen LogP contribution in [0.4, 0.5) is 0 Å². The molecule has 5 heteroatoms. The summed E-state index contributed by atoms with van der Waals surface area (Å²) in [5.74, 6) is -0.0130. The minimum atomic E-state index is -0.0439. The van der Waals surface area contributed by atoms with E-state index in [0.717, 1.165) is 6.29 Å². The van der Waals surface area contributed by atoms with Gasteiger partial charge in [0.2, 0.25) is 11.8 Å². The number of nitrogens with zero attached hydrogens (tertiary/aromatic N) is 2. The van der Waals surface area contributed by atoms with E-state index in [1.165, 1.54) is 4.90 Å². The van der Waals surface area contributed by atoms with E-state index in [1.807, 2.05) is 0 Å². The van der Waals surface area contributed by atoms with E-state index in [2.05, 4.69) is 0 Å². The van der Waals surface area contributed by atoms with Crippen LogP contribution in [-0.2, 0) is 14.4 Å². The zero-order valence-corrected chi connectivity index (χ0v) is 10.2. The van der Waals surface area contributed by atoms with E-state index in [0.29, 0.717) is 32.4 Å². The molecule has 0 radical (unpaired) electrons. The third-order valence-electron chi connectivity index (χ3n) is 2.40. The smallest absolute Gasteiger partial charge is 0.224 e. The molecule has 5 nitrogen and oxygen atoms in total. The molecule has 0 aliphatic rings. The Balaban J connectivity index is 3.87. The summed E-state index contributed by atoms with van der Waals surface area (Å²) in [6, 6.07) is 0. The van der Waals surface area contributed by atoms with Gasteiger partial charge in [-0.25, -0.2) is 0 Å². The Morgan fingerprint density at radius 2 is 1.62 bits per heavy atom. The zero-order chi connectivity index (χ0) is 12.6. The van der Waals surface area contributed by atoms with E-state index < -0.39 is 0 Å². The Labute approximate surface area is 96.4 Å². The Bertz CT molecular complexity index is 254. The molecule has 0 fully saturated rings. The molecule has 0 unspecified atom stereocenters. The molecule has 0 heterocycles. The van der Waals surface area contributed by atoms with Gasteiger partial charge in [0.15, 0.2) is 0 Å². The highest BCUT2D eigenvalue weighted by Gasteiger charge is 2.11. The van der Waals surface area contributed by atoms with Crippen LogP contribution in [-0.4, -0.2) is 55.1 Å². The van der Waals surface area contributed by atoms with Gasteiger partial charge in [0.05, 0.1) is 0 Å². The number of aldehydes is 1. The molecule has 0 aliphatic heterocycles. The fourth-order valence-corrected chi connectivity index (χ4v) is 1.22. The number of carbonyl (C=O) groups excluding carboxylic acids is 3. The number of hydrogen-bond acceptors (Lipinski definition) is 3. The molecule has 92 valence electrons. The summed E-state index contributed by atoms with van der Waals surface area (Å²) in [4.78, 5) is 36.0. The molecule has 0 rings (SSSR count). The second kappa shape index (κ2) is 7.84. The molecule has 16 heavy (non-hydrogen) atoms. The monoisotopic (exact) mass is 228 g/mol. The molecule has 0 saturated heterocycles. The summed E-state index contributed by atoms with van der Waals surface area (Å²) < 4.78 is 0. The van der Waals surface area contributed by atoms with Crippen molar-refractivity contribution >= 4 is 18.1 Å². The van der Waals surface area contributed by atoms with Crippen LogP contribution >= 0.6 is 0 Å². The van der Waals surface area contributed by atoms with Crippen molar-refractivity contribution in [3.63, 3.8) is 0 Å². The quantitative estimate of drug-likeness (QED) is 0.589. The van der Waals surface area contributed by atoms with Crippen molar-refractivity contribution in [2.75, 3.05) is 27.2 Å². The summed E-state index contributed by atoms with van der Waals surface area (Å²) in [7, 11) is 3.35. The first-order chi connectivity index (χ1) is 7.52. The molecule has 0 bridgehead atoms. The fourth-order valence-electron chi connectivity index (χ4n) is 1.22. The normalized spacial score (nSPS) is 9.69. The first-order valence-corrected chi connectivity index (χ1v) is 5.44. The van der Waals surface area contributed by atoms with Crippen LogP contribution in [0.3, 0.4) is 0 Å². The van der Waals surface area contributed by atoms with Crippen molar-refractivity contribution in [2.24, 2.45) is 0 Å². The average molecular weight is 228 g/mol. The molecule has 0 N–H and O–H groups in total. The lowest BCUT2D eigenvalue weighted by Gasteiger charge is -2.19. The molecule has 0 atom stereocenters. The minimum Gasteiger partial charge on any atom is -0.345 e. The maximum absolute atomic E-state index is 11.5. The van der Waals surface area contributed by atoms with Crippen LogP contribution in [0.1, 0.15) is 26.2 Å². The summed E-state index contributed by atoms with van der Waals surface area (Å²) in [6.07, 6.45) is 1.89. The van der Waals surface area contributed by atoms with Crippen LogP contribution in [0.5, 0.6) is 0 Å². The topological polar surface area (TPSA) is 57.7 Å².